The lowest BCUT2D eigenvalue weighted by molar-refractivity contribution is 0.180. The van der Waals surface area contributed by atoms with E-state index in [-0.39, 0.29) is 0 Å². The highest BCUT2D eigenvalue weighted by Crippen LogP contribution is 2.20. The lowest BCUT2D eigenvalue weighted by Gasteiger charge is -2.19. The second kappa shape index (κ2) is 7.62. The maximum atomic E-state index is 5.88. The SMILES string of the molecule is Cc1cc(N)cc(CNCC(CN)CC2CCOC2)c1. The van der Waals surface area contributed by atoms with E-state index in [0.717, 1.165) is 38.5 Å². The van der Waals surface area contributed by atoms with Gasteiger partial charge in [0.15, 0.2) is 0 Å². The van der Waals surface area contributed by atoms with E-state index in [1.165, 1.54) is 24.0 Å². The monoisotopic (exact) mass is 277 g/mol. The lowest BCUT2D eigenvalue weighted by atomic mass is 9.94. The van der Waals surface area contributed by atoms with Crippen LogP contribution in [-0.4, -0.2) is 26.3 Å². The Morgan fingerprint density at radius 2 is 2.25 bits per heavy atom. The molecule has 1 fully saturated rings. The highest BCUT2D eigenvalue weighted by Gasteiger charge is 2.19. The van der Waals surface area contributed by atoms with Crippen LogP contribution < -0.4 is 16.8 Å². The molecule has 2 unspecified atom stereocenters. The van der Waals surface area contributed by atoms with Gasteiger partial charge in [-0.3, -0.25) is 0 Å². The molecule has 2 atom stereocenters. The molecule has 4 heteroatoms. The number of aryl methyl sites for hydroxylation is 1. The number of nitrogens with one attached hydrogen (secondary N) is 1. The van der Waals surface area contributed by atoms with Crippen molar-refractivity contribution in [2.45, 2.75) is 26.3 Å². The summed E-state index contributed by atoms with van der Waals surface area (Å²) in [5.41, 5.74) is 15.0. The first-order chi connectivity index (χ1) is 9.67. The van der Waals surface area contributed by atoms with E-state index in [2.05, 4.69) is 18.3 Å². The molecule has 1 saturated heterocycles. The highest BCUT2D eigenvalue weighted by molar-refractivity contribution is 5.44. The van der Waals surface area contributed by atoms with Gasteiger partial charge in [-0.1, -0.05) is 6.07 Å². The molecule has 0 amide bonds. The van der Waals surface area contributed by atoms with E-state index in [4.69, 9.17) is 16.2 Å². The summed E-state index contributed by atoms with van der Waals surface area (Å²) in [6.45, 7) is 6.44. The van der Waals surface area contributed by atoms with E-state index in [1.807, 2.05) is 12.1 Å². The average molecular weight is 277 g/mol. The molecule has 1 aliphatic heterocycles. The van der Waals surface area contributed by atoms with Crippen molar-refractivity contribution in [2.75, 3.05) is 32.0 Å². The van der Waals surface area contributed by atoms with Gasteiger partial charge in [0.05, 0.1) is 0 Å². The molecule has 1 aromatic rings. The van der Waals surface area contributed by atoms with Gasteiger partial charge in [-0.25, -0.2) is 0 Å². The fourth-order valence-corrected chi connectivity index (χ4v) is 2.92. The molecule has 112 valence electrons. The fourth-order valence-electron chi connectivity index (χ4n) is 2.92. The number of nitrogens with two attached hydrogens (primary N) is 2. The van der Waals surface area contributed by atoms with Crippen LogP contribution in [-0.2, 0) is 11.3 Å². The second-order valence-electron chi connectivity index (χ2n) is 5.95. The number of nitrogen functional groups attached to an aromatic ring is 1. The Hall–Kier alpha value is -1.10. The van der Waals surface area contributed by atoms with Crippen LogP contribution in [0.3, 0.4) is 0 Å². The van der Waals surface area contributed by atoms with Crippen molar-refractivity contribution in [1.82, 2.24) is 5.32 Å². The fraction of sp³-hybridized carbons (Fsp3) is 0.625. The Labute approximate surface area is 121 Å². The Kier molecular flexibility index (Phi) is 5.83. The van der Waals surface area contributed by atoms with Gasteiger partial charge < -0.3 is 21.5 Å². The minimum atomic E-state index is 0.531. The highest BCUT2D eigenvalue weighted by atomic mass is 16.5. The number of benzene rings is 1. The van der Waals surface area contributed by atoms with E-state index < -0.39 is 0 Å². The first-order valence-electron chi connectivity index (χ1n) is 7.52. The molecule has 5 N–H and O–H groups in total. The van der Waals surface area contributed by atoms with Crippen LogP contribution in [0.1, 0.15) is 24.0 Å². The summed E-state index contributed by atoms with van der Waals surface area (Å²) in [4.78, 5) is 0. The van der Waals surface area contributed by atoms with Gasteiger partial charge in [0.2, 0.25) is 0 Å². The molecule has 0 bridgehead atoms. The lowest BCUT2D eigenvalue weighted by Crippen LogP contribution is -2.29. The summed E-state index contributed by atoms with van der Waals surface area (Å²) in [5.74, 6) is 1.23. The third-order valence-electron chi connectivity index (χ3n) is 3.95. The van der Waals surface area contributed by atoms with Gasteiger partial charge in [-0.15, -0.1) is 0 Å². The average Bonchev–Trinajstić information content (AvgIpc) is 2.89. The number of rotatable bonds is 7. The zero-order chi connectivity index (χ0) is 14.4. The third kappa shape index (κ3) is 4.78. The largest absolute Gasteiger partial charge is 0.399 e. The summed E-state index contributed by atoms with van der Waals surface area (Å²) >= 11 is 0. The molecule has 1 heterocycles. The van der Waals surface area contributed by atoms with Gasteiger partial charge in [-0.2, -0.15) is 0 Å². The van der Waals surface area contributed by atoms with Crippen LogP contribution in [0.2, 0.25) is 0 Å². The molecular weight excluding hydrogens is 250 g/mol. The molecule has 1 aliphatic rings. The molecule has 2 rings (SSSR count). The normalized spacial score (nSPS) is 20.2. The summed E-state index contributed by atoms with van der Waals surface area (Å²) in [5, 5.41) is 3.50. The summed E-state index contributed by atoms with van der Waals surface area (Å²) in [6, 6.07) is 6.19. The molecule has 0 spiro atoms. The van der Waals surface area contributed by atoms with Crippen molar-refractivity contribution in [3.63, 3.8) is 0 Å². The predicted molar refractivity (Wildman–Crippen MR) is 83.4 cm³/mol. The topological polar surface area (TPSA) is 73.3 Å². The van der Waals surface area contributed by atoms with E-state index >= 15 is 0 Å². The molecule has 20 heavy (non-hydrogen) atoms. The number of hydrogen-bond acceptors (Lipinski definition) is 4. The number of hydrogen-bond donors (Lipinski definition) is 3. The van der Waals surface area contributed by atoms with Crippen molar-refractivity contribution in [3.05, 3.63) is 29.3 Å². The standard InChI is InChI=1S/C16H27N3O/c1-12-4-14(7-16(18)5-12)9-19-10-15(8-17)6-13-2-3-20-11-13/h4-5,7,13,15,19H,2-3,6,8-11,17-18H2,1H3. The second-order valence-corrected chi connectivity index (χ2v) is 5.95. The third-order valence-corrected chi connectivity index (χ3v) is 3.95. The first kappa shape index (κ1) is 15.3. The van der Waals surface area contributed by atoms with Gasteiger partial charge in [0, 0.05) is 25.4 Å². The van der Waals surface area contributed by atoms with Gasteiger partial charge in [0.25, 0.3) is 0 Å². The smallest absolute Gasteiger partial charge is 0.0495 e. The Bertz CT molecular complexity index is 396. The minimum Gasteiger partial charge on any atom is -0.399 e. The Balaban J connectivity index is 1.75. The molecule has 0 aromatic heterocycles. The number of anilines is 1. The summed E-state index contributed by atoms with van der Waals surface area (Å²) in [6.07, 6.45) is 2.35. The van der Waals surface area contributed by atoms with E-state index in [9.17, 15) is 0 Å². The quantitative estimate of drug-likeness (QED) is 0.663. The van der Waals surface area contributed by atoms with Crippen LogP contribution in [0.4, 0.5) is 5.69 Å². The van der Waals surface area contributed by atoms with Crippen molar-refractivity contribution in [3.8, 4) is 0 Å². The van der Waals surface area contributed by atoms with Crippen molar-refractivity contribution >= 4 is 5.69 Å². The first-order valence-corrected chi connectivity index (χ1v) is 7.52. The molecule has 0 aliphatic carbocycles. The van der Waals surface area contributed by atoms with Crippen LogP contribution in [0.5, 0.6) is 0 Å². The van der Waals surface area contributed by atoms with Crippen LogP contribution in [0.15, 0.2) is 18.2 Å². The van der Waals surface area contributed by atoms with E-state index in [0.29, 0.717) is 11.8 Å². The minimum absolute atomic E-state index is 0.531. The van der Waals surface area contributed by atoms with E-state index in [1.54, 1.807) is 0 Å². The summed E-state index contributed by atoms with van der Waals surface area (Å²) < 4.78 is 5.43. The maximum absolute atomic E-state index is 5.88. The zero-order valence-electron chi connectivity index (χ0n) is 12.4. The molecular formula is C16H27N3O. The predicted octanol–water partition coefficient (Wildman–Crippen LogP) is 1.67. The number of ether oxygens (including phenoxy) is 1. The van der Waals surface area contributed by atoms with Gasteiger partial charge in [0.1, 0.15) is 0 Å². The zero-order valence-corrected chi connectivity index (χ0v) is 12.4. The molecule has 4 nitrogen and oxygen atoms in total. The van der Waals surface area contributed by atoms with Crippen LogP contribution in [0.25, 0.3) is 0 Å². The van der Waals surface area contributed by atoms with Gasteiger partial charge in [-0.05, 0) is 68.0 Å². The maximum Gasteiger partial charge on any atom is 0.0495 e. The van der Waals surface area contributed by atoms with Crippen molar-refractivity contribution < 1.29 is 4.74 Å². The van der Waals surface area contributed by atoms with Crippen LogP contribution >= 0.6 is 0 Å². The van der Waals surface area contributed by atoms with Gasteiger partial charge >= 0.3 is 0 Å². The molecule has 1 aromatic carbocycles. The van der Waals surface area contributed by atoms with Crippen molar-refractivity contribution in [1.29, 1.82) is 0 Å². The van der Waals surface area contributed by atoms with Crippen molar-refractivity contribution in [2.24, 2.45) is 17.6 Å². The summed E-state index contributed by atoms with van der Waals surface area (Å²) in [7, 11) is 0. The molecule has 0 radical (unpaired) electrons. The Morgan fingerprint density at radius 3 is 2.90 bits per heavy atom. The Morgan fingerprint density at radius 1 is 1.40 bits per heavy atom. The molecule has 0 saturated carbocycles. The van der Waals surface area contributed by atoms with Crippen LogP contribution in [0, 0.1) is 18.8 Å².